The molecule has 0 amide bonds. The minimum absolute atomic E-state index is 0.109. The first-order chi connectivity index (χ1) is 6.59. The summed E-state index contributed by atoms with van der Waals surface area (Å²) < 4.78 is 18.2. The second-order valence-corrected chi connectivity index (χ2v) is 3.54. The highest BCUT2D eigenvalue weighted by molar-refractivity contribution is 6.30. The van der Waals surface area contributed by atoms with Gasteiger partial charge in [0.2, 0.25) is 0 Å². The molecule has 0 radical (unpaired) electrons. The van der Waals surface area contributed by atoms with E-state index in [9.17, 15) is 4.39 Å². The molecule has 0 aliphatic carbocycles. The molecular weight excluding hydrogens is 203 g/mol. The van der Waals surface area contributed by atoms with Crippen LogP contribution in [0.25, 0.3) is 0 Å². The molecule has 1 nitrogen and oxygen atoms in total. The maximum atomic E-state index is 12.9. The van der Waals surface area contributed by atoms with Gasteiger partial charge in [0, 0.05) is 12.5 Å². The third kappa shape index (κ3) is 3.38. The van der Waals surface area contributed by atoms with Gasteiger partial charge in [-0.15, -0.1) is 6.58 Å². The number of hydrogen-bond donors (Lipinski definition) is 0. The van der Waals surface area contributed by atoms with Crippen molar-refractivity contribution >= 4 is 11.6 Å². The van der Waals surface area contributed by atoms with Crippen molar-refractivity contribution in [2.75, 3.05) is 6.61 Å². The van der Waals surface area contributed by atoms with E-state index < -0.39 is 5.82 Å². The molecule has 1 aromatic carbocycles. The summed E-state index contributed by atoms with van der Waals surface area (Å²) in [7, 11) is 0. The fourth-order valence-corrected chi connectivity index (χ4v) is 1.03. The Kier molecular flexibility index (Phi) is 3.96. The van der Waals surface area contributed by atoms with Crippen molar-refractivity contribution in [1.29, 1.82) is 0 Å². The molecule has 0 unspecified atom stereocenters. The molecule has 1 aromatic rings. The standard InChI is InChI=1S/C11H12ClFO/c1-8(2)5-6-14-9-3-4-10(12)11(13)7-9/h3-4,7H,1,5-6H2,2H3. The largest absolute Gasteiger partial charge is 0.493 e. The van der Waals surface area contributed by atoms with Crippen LogP contribution >= 0.6 is 11.6 Å². The van der Waals surface area contributed by atoms with Crippen LogP contribution in [0.5, 0.6) is 5.75 Å². The summed E-state index contributed by atoms with van der Waals surface area (Å²) in [4.78, 5) is 0. The van der Waals surface area contributed by atoms with E-state index in [-0.39, 0.29) is 5.02 Å². The van der Waals surface area contributed by atoms with Gasteiger partial charge in [0.1, 0.15) is 11.6 Å². The van der Waals surface area contributed by atoms with Crippen molar-refractivity contribution in [3.8, 4) is 5.75 Å². The van der Waals surface area contributed by atoms with Crippen LogP contribution in [0, 0.1) is 5.82 Å². The highest BCUT2D eigenvalue weighted by atomic mass is 35.5. The number of ether oxygens (including phenoxy) is 1. The maximum Gasteiger partial charge on any atom is 0.145 e. The third-order valence-electron chi connectivity index (χ3n) is 1.69. The molecule has 3 heteroatoms. The average Bonchev–Trinajstić information content (AvgIpc) is 2.10. The zero-order chi connectivity index (χ0) is 10.6. The molecule has 76 valence electrons. The molecule has 0 heterocycles. The van der Waals surface area contributed by atoms with Crippen molar-refractivity contribution in [1.82, 2.24) is 0 Å². The Morgan fingerprint density at radius 1 is 1.57 bits per heavy atom. The molecule has 0 atom stereocenters. The van der Waals surface area contributed by atoms with Gasteiger partial charge >= 0.3 is 0 Å². The van der Waals surface area contributed by atoms with Gasteiger partial charge in [0.05, 0.1) is 11.6 Å². The van der Waals surface area contributed by atoms with Crippen molar-refractivity contribution in [2.24, 2.45) is 0 Å². The number of halogens is 2. The summed E-state index contributed by atoms with van der Waals surface area (Å²) in [5.74, 6) is 0.0349. The molecule has 0 N–H and O–H groups in total. The van der Waals surface area contributed by atoms with Gasteiger partial charge in [-0.25, -0.2) is 4.39 Å². The summed E-state index contributed by atoms with van der Waals surface area (Å²) in [5.41, 5.74) is 1.04. The first-order valence-corrected chi connectivity index (χ1v) is 4.69. The molecule has 1 rings (SSSR count). The summed E-state index contributed by atoms with van der Waals surface area (Å²) in [5, 5.41) is 0.109. The molecule has 0 aromatic heterocycles. The van der Waals surface area contributed by atoms with E-state index in [1.807, 2.05) is 6.92 Å². The Balaban J connectivity index is 2.51. The van der Waals surface area contributed by atoms with Gasteiger partial charge in [0.25, 0.3) is 0 Å². The number of hydrogen-bond acceptors (Lipinski definition) is 1. The predicted molar refractivity (Wildman–Crippen MR) is 56.3 cm³/mol. The van der Waals surface area contributed by atoms with Crippen LogP contribution in [-0.4, -0.2) is 6.61 Å². The van der Waals surface area contributed by atoms with Crippen LogP contribution in [0.2, 0.25) is 5.02 Å². The van der Waals surface area contributed by atoms with Gasteiger partial charge in [-0.05, 0) is 19.1 Å². The molecule has 0 aliphatic heterocycles. The minimum atomic E-state index is -0.459. The van der Waals surface area contributed by atoms with Gasteiger partial charge in [0.15, 0.2) is 0 Å². The van der Waals surface area contributed by atoms with E-state index in [0.29, 0.717) is 12.4 Å². The summed E-state index contributed by atoms with van der Waals surface area (Å²) in [6.07, 6.45) is 0.768. The Labute approximate surface area is 88.1 Å². The quantitative estimate of drug-likeness (QED) is 0.693. The van der Waals surface area contributed by atoms with Crippen LogP contribution in [0.4, 0.5) is 4.39 Å². The molecule has 0 fully saturated rings. The normalized spacial score (nSPS) is 9.93. The number of rotatable bonds is 4. The summed E-state index contributed by atoms with van der Waals surface area (Å²) >= 11 is 5.52. The fraction of sp³-hybridized carbons (Fsp3) is 0.273. The molecule has 0 spiro atoms. The van der Waals surface area contributed by atoms with Crippen LogP contribution in [0.1, 0.15) is 13.3 Å². The molecule has 0 aliphatic rings. The van der Waals surface area contributed by atoms with Crippen LogP contribution < -0.4 is 4.74 Å². The zero-order valence-corrected chi connectivity index (χ0v) is 8.77. The Morgan fingerprint density at radius 3 is 2.86 bits per heavy atom. The first kappa shape index (κ1) is 11.1. The molecule has 0 saturated heterocycles. The maximum absolute atomic E-state index is 12.9. The molecule has 14 heavy (non-hydrogen) atoms. The van der Waals surface area contributed by atoms with Crippen molar-refractivity contribution in [2.45, 2.75) is 13.3 Å². The van der Waals surface area contributed by atoms with E-state index in [0.717, 1.165) is 12.0 Å². The second-order valence-electron chi connectivity index (χ2n) is 3.13. The smallest absolute Gasteiger partial charge is 0.145 e. The zero-order valence-electron chi connectivity index (χ0n) is 8.02. The highest BCUT2D eigenvalue weighted by Crippen LogP contribution is 2.20. The lowest BCUT2D eigenvalue weighted by Crippen LogP contribution is -1.97. The van der Waals surface area contributed by atoms with E-state index in [1.54, 1.807) is 6.07 Å². The van der Waals surface area contributed by atoms with E-state index in [1.165, 1.54) is 12.1 Å². The lowest BCUT2D eigenvalue weighted by molar-refractivity contribution is 0.320. The molecule has 0 saturated carbocycles. The van der Waals surface area contributed by atoms with Gasteiger partial charge in [-0.3, -0.25) is 0 Å². The van der Waals surface area contributed by atoms with Crippen LogP contribution in [0.3, 0.4) is 0 Å². The van der Waals surface area contributed by atoms with Crippen molar-refractivity contribution < 1.29 is 9.13 Å². The first-order valence-electron chi connectivity index (χ1n) is 4.32. The summed E-state index contributed by atoms with van der Waals surface area (Å²) in [6, 6.07) is 4.40. The molecular formula is C11H12ClFO. The summed E-state index contributed by atoms with van der Waals surface area (Å²) in [6.45, 7) is 6.18. The van der Waals surface area contributed by atoms with E-state index in [2.05, 4.69) is 6.58 Å². The fourth-order valence-electron chi connectivity index (χ4n) is 0.910. The van der Waals surface area contributed by atoms with Gasteiger partial charge in [-0.2, -0.15) is 0 Å². The minimum Gasteiger partial charge on any atom is -0.493 e. The van der Waals surface area contributed by atoms with Crippen molar-refractivity contribution in [3.63, 3.8) is 0 Å². The van der Waals surface area contributed by atoms with Crippen molar-refractivity contribution in [3.05, 3.63) is 41.2 Å². The topological polar surface area (TPSA) is 9.23 Å². The van der Waals surface area contributed by atoms with Crippen LogP contribution in [0.15, 0.2) is 30.4 Å². The van der Waals surface area contributed by atoms with Gasteiger partial charge in [-0.1, -0.05) is 17.2 Å². The number of benzene rings is 1. The third-order valence-corrected chi connectivity index (χ3v) is 2.00. The predicted octanol–water partition coefficient (Wildman–Crippen LogP) is 3.82. The Hall–Kier alpha value is -1.02. The SMILES string of the molecule is C=C(C)CCOc1ccc(Cl)c(F)c1. The monoisotopic (exact) mass is 214 g/mol. The van der Waals surface area contributed by atoms with E-state index >= 15 is 0 Å². The van der Waals surface area contributed by atoms with Gasteiger partial charge < -0.3 is 4.74 Å². The lowest BCUT2D eigenvalue weighted by atomic mass is 10.2. The highest BCUT2D eigenvalue weighted by Gasteiger charge is 2.01. The Morgan fingerprint density at radius 2 is 2.29 bits per heavy atom. The van der Waals surface area contributed by atoms with E-state index in [4.69, 9.17) is 16.3 Å². The lowest BCUT2D eigenvalue weighted by Gasteiger charge is -2.06. The van der Waals surface area contributed by atoms with Crippen LogP contribution in [-0.2, 0) is 0 Å². The second kappa shape index (κ2) is 5.01. The molecule has 0 bridgehead atoms. The Bertz CT molecular complexity index is 336. The average molecular weight is 215 g/mol.